The quantitative estimate of drug-likeness (QED) is 0.622. The Kier molecular flexibility index (Phi) is 6.42. The highest BCUT2D eigenvalue weighted by molar-refractivity contribution is 8.00. The van der Waals surface area contributed by atoms with Gasteiger partial charge in [0.2, 0.25) is 0 Å². The predicted octanol–water partition coefficient (Wildman–Crippen LogP) is 2.84. The fourth-order valence-electron chi connectivity index (χ4n) is 1.54. The molecule has 0 saturated carbocycles. The lowest BCUT2D eigenvalue weighted by Gasteiger charge is -2.06. The number of halogens is 1. The molecule has 0 atom stereocenters. The van der Waals surface area contributed by atoms with Crippen LogP contribution in [0.4, 0.5) is 4.39 Å². The van der Waals surface area contributed by atoms with Crippen LogP contribution in [0.1, 0.15) is 4.88 Å². The monoisotopic (exact) mass is 339 g/mol. The highest BCUT2D eigenvalue weighted by Gasteiger charge is 2.10. The van der Waals surface area contributed by atoms with E-state index in [0.717, 1.165) is 16.6 Å². The fourth-order valence-corrected chi connectivity index (χ4v) is 2.92. The fraction of sp³-hybridized carbons (Fsp3) is 0.200. The first-order chi connectivity index (χ1) is 10.6. The average molecular weight is 339 g/mol. The third-order valence-corrected chi connectivity index (χ3v) is 4.48. The van der Waals surface area contributed by atoms with E-state index in [4.69, 9.17) is 4.74 Å². The predicted molar refractivity (Wildman–Crippen MR) is 84.2 cm³/mol. The molecule has 116 valence electrons. The van der Waals surface area contributed by atoms with Crippen molar-refractivity contribution in [2.24, 2.45) is 0 Å². The third-order valence-electron chi connectivity index (χ3n) is 2.59. The first kappa shape index (κ1) is 16.5. The number of rotatable bonds is 7. The number of thioether (sulfide) groups is 1. The molecule has 0 aliphatic carbocycles. The van der Waals surface area contributed by atoms with Crippen molar-refractivity contribution in [2.75, 3.05) is 12.4 Å². The summed E-state index contributed by atoms with van der Waals surface area (Å²) in [5, 5.41) is 4.57. The van der Waals surface area contributed by atoms with E-state index in [1.54, 1.807) is 18.2 Å². The van der Waals surface area contributed by atoms with Crippen LogP contribution in [-0.2, 0) is 20.9 Å². The van der Waals surface area contributed by atoms with Crippen molar-refractivity contribution in [1.29, 1.82) is 0 Å². The summed E-state index contributed by atoms with van der Waals surface area (Å²) in [5.74, 6) is -1.34. The van der Waals surface area contributed by atoms with Gasteiger partial charge in [0.15, 0.2) is 6.61 Å². The van der Waals surface area contributed by atoms with E-state index in [9.17, 15) is 14.0 Å². The minimum absolute atomic E-state index is 0.0425. The number of hydrogen-bond donors (Lipinski definition) is 1. The van der Waals surface area contributed by atoms with Gasteiger partial charge in [-0.2, -0.15) is 0 Å². The van der Waals surface area contributed by atoms with Crippen LogP contribution in [0, 0.1) is 5.82 Å². The summed E-state index contributed by atoms with van der Waals surface area (Å²) >= 11 is 2.57. The van der Waals surface area contributed by atoms with E-state index in [1.165, 1.54) is 17.4 Å². The number of amides is 1. The van der Waals surface area contributed by atoms with Crippen molar-refractivity contribution in [3.05, 3.63) is 52.5 Å². The molecule has 0 aliphatic rings. The van der Waals surface area contributed by atoms with Gasteiger partial charge < -0.3 is 10.1 Å². The number of carbonyl (C=O) groups excluding carboxylic acids is 2. The SMILES string of the molecule is O=C(COC(=O)CSc1ccccc1F)NCc1cccs1. The second-order valence-electron chi connectivity index (χ2n) is 4.24. The van der Waals surface area contributed by atoms with Crippen LogP contribution >= 0.6 is 23.1 Å². The Morgan fingerprint density at radius 2 is 2.05 bits per heavy atom. The molecule has 0 saturated heterocycles. The number of benzene rings is 1. The largest absolute Gasteiger partial charge is 0.455 e. The summed E-state index contributed by atoms with van der Waals surface area (Å²) in [7, 11) is 0. The molecule has 0 bridgehead atoms. The zero-order valence-electron chi connectivity index (χ0n) is 11.6. The molecule has 1 heterocycles. The van der Waals surface area contributed by atoms with Crippen molar-refractivity contribution in [3.8, 4) is 0 Å². The average Bonchev–Trinajstić information content (AvgIpc) is 3.03. The topological polar surface area (TPSA) is 55.4 Å². The van der Waals surface area contributed by atoms with E-state index in [1.807, 2.05) is 17.5 Å². The van der Waals surface area contributed by atoms with Gasteiger partial charge in [-0.3, -0.25) is 9.59 Å². The van der Waals surface area contributed by atoms with E-state index < -0.39 is 5.97 Å². The maximum Gasteiger partial charge on any atom is 0.316 e. The normalized spacial score (nSPS) is 10.2. The number of carbonyl (C=O) groups is 2. The van der Waals surface area contributed by atoms with Gasteiger partial charge in [-0.15, -0.1) is 23.1 Å². The highest BCUT2D eigenvalue weighted by Crippen LogP contribution is 2.20. The Bertz CT molecular complexity index is 631. The van der Waals surface area contributed by atoms with Gasteiger partial charge >= 0.3 is 5.97 Å². The van der Waals surface area contributed by atoms with Crippen molar-refractivity contribution >= 4 is 35.0 Å². The molecule has 22 heavy (non-hydrogen) atoms. The van der Waals surface area contributed by atoms with Gasteiger partial charge in [-0.05, 0) is 23.6 Å². The molecule has 1 N–H and O–H groups in total. The Hall–Kier alpha value is -1.86. The molecule has 7 heteroatoms. The summed E-state index contributed by atoms with van der Waals surface area (Å²) in [6.45, 7) is 0.0834. The Balaban J connectivity index is 1.65. The summed E-state index contributed by atoms with van der Waals surface area (Å²) in [6.07, 6.45) is 0. The maximum atomic E-state index is 13.4. The molecule has 0 unspecified atom stereocenters. The van der Waals surface area contributed by atoms with Crippen LogP contribution in [-0.4, -0.2) is 24.2 Å². The zero-order chi connectivity index (χ0) is 15.8. The van der Waals surface area contributed by atoms with Gasteiger partial charge in [0.25, 0.3) is 5.91 Å². The van der Waals surface area contributed by atoms with Crippen LogP contribution in [0.15, 0.2) is 46.7 Å². The Morgan fingerprint density at radius 3 is 2.77 bits per heavy atom. The Morgan fingerprint density at radius 1 is 1.23 bits per heavy atom. The Labute approximate surface area is 135 Å². The molecule has 2 aromatic rings. The maximum absolute atomic E-state index is 13.4. The van der Waals surface area contributed by atoms with E-state index >= 15 is 0 Å². The highest BCUT2D eigenvalue weighted by atomic mass is 32.2. The molecule has 0 spiro atoms. The molecule has 1 aromatic heterocycles. The molecule has 0 aliphatic heterocycles. The molecule has 1 aromatic carbocycles. The lowest BCUT2D eigenvalue weighted by atomic mass is 10.3. The summed E-state index contributed by atoms with van der Waals surface area (Å²) in [4.78, 5) is 24.4. The van der Waals surface area contributed by atoms with Crippen LogP contribution in [0.2, 0.25) is 0 Å². The molecule has 0 radical (unpaired) electrons. The summed E-state index contributed by atoms with van der Waals surface area (Å²) < 4.78 is 18.2. The van der Waals surface area contributed by atoms with Crippen molar-refractivity contribution in [3.63, 3.8) is 0 Å². The molecule has 1 amide bonds. The van der Waals surface area contributed by atoms with Crippen molar-refractivity contribution < 1.29 is 18.7 Å². The molecule has 2 rings (SSSR count). The number of esters is 1. The van der Waals surface area contributed by atoms with Crippen molar-refractivity contribution in [1.82, 2.24) is 5.32 Å². The van der Waals surface area contributed by atoms with Gasteiger partial charge in [0, 0.05) is 9.77 Å². The van der Waals surface area contributed by atoms with Gasteiger partial charge in [0.1, 0.15) is 5.82 Å². The number of thiophene rings is 1. The molecular formula is C15H14FNO3S2. The number of ether oxygens (including phenoxy) is 1. The van der Waals surface area contributed by atoms with Crippen LogP contribution in [0.25, 0.3) is 0 Å². The number of hydrogen-bond acceptors (Lipinski definition) is 5. The minimum Gasteiger partial charge on any atom is -0.455 e. The first-order valence-corrected chi connectivity index (χ1v) is 8.33. The number of nitrogens with one attached hydrogen (secondary N) is 1. The standard InChI is InChI=1S/C15H14FNO3S2/c16-12-5-1-2-6-13(12)22-10-15(19)20-9-14(18)17-8-11-4-3-7-21-11/h1-7H,8-10H2,(H,17,18). The van der Waals surface area contributed by atoms with Gasteiger partial charge in [-0.25, -0.2) is 4.39 Å². The zero-order valence-corrected chi connectivity index (χ0v) is 13.2. The summed E-state index contributed by atoms with van der Waals surface area (Å²) in [5.41, 5.74) is 0. The van der Waals surface area contributed by atoms with Crippen LogP contribution in [0.5, 0.6) is 0 Å². The second kappa shape index (κ2) is 8.55. The minimum atomic E-state index is -0.556. The summed E-state index contributed by atoms with van der Waals surface area (Å²) in [6, 6.07) is 9.98. The van der Waals surface area contributed by atoms with Crippen LogP contribution in [0.3, 0.4) is 0 Å². The van der Waals surface area contributed by atoms with Gasteiger partial charge in [0.05, 0.1) is 12.3 Å². The molecular weight excluding hydrogens is 325 g/mol. The van der Waals surface area contributed by atoms with Crippen LogP contribution < -0.4 is 5.32 Å². The lowest BCUT2D eigenvalue weighted by Crippen LogP contribution is -2.28. The first-order valence-electron chi connectivity index (χ1n) is 6.47. The smallest absolute Gasteiger partial charge is 0.316 e. The van der Waals surface area contributed by atoms with Crippen molar-refractivity contribution in [2.45, 2.75) is 11.4 Å². The second-order valence-corrected chi connectivity index (χ2v) is 6.29. The van der Waals surface area contributed by atoms with E-state index in [-0.39, 0.29) is 24.1 Å². The van der Waals surface area contributed by atoms with E-state index in [2.05, 4.69) is 5.32 Å². The third kappa shape index (κ3) is 5.50. The van der Waals surface area contributed by atoms with E-state index in [0.29, 0.717) is 11.4 Å². The molecule has 0 fully saturated rings. The molecule has 4 nitrogen and oxygen atoms in total. The van der Waals surface area contributed by atoms with Gasteiger partial charge in [-0.1, -0.05) is 18.2 Å². The lowest BCUT2D eigenvalue weighted by molar-refractivity contribution is -0.145.